The van der Waals surface area contributed by atoms with Crippen molar-refractivity contribution in [2.45, 2.75) is 32.1 Å². The smallest absolute Gasteiger partial charge is 0.141 e. The normalized spacial score (nSPS) is 13.0. The summed E-state index contributed by atoms with van der Waals surface area (Å²) in [6, 6.07) is 14.8. The number of ketones is 1. The molecule has 0 fully saturated rings. The SMILES string of the molecule is CN(C)c1ccc(CC(=O)Cc2ccc3c(c2)CCC3)cc1. The highest BCUT2D eigenvalue weighted by Crippen LogP contribution is 2.23. The molecule has 2 nitrogen and oxygen atoms in total. The first-order valence-corrected chi connectivity index (χ1v) is 8.00. The van der Waals surface area contributed by atoms with Gasteiger partial charge in [0.2, 0.25) is 0 Å². The Morgan fingerprint density at radius 3 is 2.27 bits per heavy atom. The van der Waals surface area contributed by atoms with Gasteiger partial charge < -0.3 is 4.90 Å². The molecule has 0 heterocycles. The number of nitrogens with zero attached hydrogens (tertiary/aromatic N) is 1. The molecule has 0 atom stereocenters. The number of hydrogen-bond acceptors (Lipinski definition) is 2. The second kappa shape index (κ2) is 6.35. The van der Waals surface area contributed by atoms with Gasteiger partial charge in [0.05, 0.1) is 0 Å². The van der Waals surface area contributed by atoms with Gasteiger partial charge >= 0.3 is 0 Å². The highest BCUT2D eigenvalue weighted by Gasteiger charge is 2.12. The summed E-state index contributed by atoms with van der Waals surface area (Å²) in [6.07, 6.45) is 4.68. The van der Waals surface area contributed by atoms with Crippen LogP contribution in [-0.2, 0) is 30.5 Å². The summed E-state index contributed by atoms with van der Waals surface area (Å²) >= 11 is 0. The molecule has 2 aromatic rings. The predicted octanol–water partition coefficient (Wildman–Crippen LogP) is 3.60. The molecular formula is C20H23NO. The first kappa shape index (κ1) is 14.8. The van der Waals surface area contributed by atoms with Crippen LogP contribution in [0.15, 0.2) is 42.5 Å². The largest absolute Gasteiger partial charge is 0.378 e. The molecule has 0 N–H and O–H groups in total. The molecule has 0 spiro atoms. The van der Waals surface area contributed by atoms with E-state index in [-0.39, 0.29) is 5.78 Å². The number of rotatable bonds is 5. The lowest BCUT2D eigenvalue weighted by atomic mass is 9.99. The van der Waals surface area contributed by atoms with Crippen molar-refractivity contribution in [1.29, 1.82) is 0 Å². The summed E-state index contributed by atoms with van der Waals surface area (Å²) in [7, 11) is 4.04. The van der Waals surface area contributed by atoms with Crippen molar-refractivity contribution < 1.29 is 4.79 Å². The molecule has 1 aliphatic carbocycles. The number of carbonyl (C=O) groups excluding carboxylic acids is 1. The summed E-state index contributed by atoms with van der Waals surface area (Å²) in [5, 5.41) is 0. The highest BCUT2D eigenvalue weighted by atomic mass is 16.1. The zero-order valence-electron chi connectivity index (χ0n) is 13.4. The first-order valence-electron chi connectivity index (χ1n) is 8.00. The van der Waals surface area contributed by atoms with Crippen molar-refractivity contribution in [2.75, 3.05) is 19.0 Å². The van der Waals surface area contributed by atoms with E-state index in [4.69, 9.17) is 0 Å². The van der Waals surface area contributed by atoms with Crippen LogP contribution in [0.3, 0.4) is 0 Å². The van der Waals surface area contributed by atoms with Gasteiger partial charge in [-0.2, -0.15) is 0 Å². The van der Waals surface area contributed by atoms with Gasteiger partial charge in [0.1, 0.15) is 5.78 Å². The van der Waals surface area contributed by atoms with E-state index in [1.54, 1.807) is 0 Å². The minimum Gasteiger partial charge on any atom is -0.378 e. The zero-order chi connectivity index (χ0) is 15.5. The Labute approximate surface area is 132 Å². The average molecular weight is 293 g/mol. The summed E-state index contributed by atoms with van der Waals surface area (Å²) in [4.78, 5) is 14.4. The molecule has 3 rings (SSSR count). The maximum Gasteiger partial charge on any atom is 0.141 e. The van der Waals surface area contributed by atoms with Gasteiger partial charge in [-0.15, -0.1) is 0 Å². The highest BCUT2D eigenvalue weighted by molar-refractivity contribution is 5.83. The molecule has 0 bridgehead atoms. The van der Waals surface area contributed by atoms with E-state index in [0.29, 0.717) is 12.8 Å². The van der Waals surface area contributed by atoms with Crippen molar-refractivity contribution in [1.82, 2.24) is 0 Å². The molecule has 22 heavy (non-hydrogen) atoms. The Kier molecular flexibility index (Phi) is 4.28. The van der Waals surface area contributed by atoms with E-state index < -0.39 is 0 Å². The second-order valence-corrected chi connectivity index (χ2v) is 6.41. The van der Waals surface area contributed by atoms with Crippen LogP contribution in [0.5, 0.6) is 0 Å². The van der Waals surface area contributed by atoms with Crippen molar-refractivity contribution in [3.63, 3.8) is 0 Å². The molecule has 114 valence electrons. The number of hydrogen-bond donors (Lipinski definition) is 0. The molecule has 0 aliphatic heterocycles. The van der Waals surface area contributed by atoms with Gasteiger partial charge in [0, 0.05) is 32.6 Å². The standard InChI is InChI=1S/C20H23NO/c1-21(2)19-10-7-15(8-11-19)13-20(22)14-16-6-9-17-4-3-5-18(17)12-16/h6-12H,3-5,13-14H2,1-2H3. The molecule has 0 aromatic heterocycles. The number of anilines is 1. The van der Waals surface area contributed by atoms with E-state index in [2.05, 4.69) is 47.4 Å². The monoisotopic (exact) mass is 293 g/mol. The molecule has 0 saturated carbocycles. The van der Waals surface area contributed by atoms with Crippen molar-refractivity contribution >= 4 is 11.5 Å². The van der Waals surface area contributed by atoms with Crippen LogP contribution in [-0.4, -0.2) is 19.9 Å². The summed E-state index contributed by atoms with van der Waals surface area (Å²) in [5.41, 5.74) is 6.33. The fraction of sp³-hybridized carbons (Fsp3) is 0.350. The van der Waals surface area contributed by atoms with Gasteiger partial charge in [-0.05, 0) is 53.6 Å². The number of carbonyl (C=O) groups is 1. The van der Waals surface area contributed by atoms with E-state index in [9.17, 15) is 4.79 Å². The molecule has 1 aliphatic rings. The first-order chi connectivity index (χ1) is 10.6. The van der Waals surface area contributed by atoms with E-state index >= 15 is 0 Å². The maximum absolute atomic E-state index is 12.3. The van der Waals surface area contributed by atoms with E-state index in [1.807, 2.05) is 14.1 Å². The molecule has 0 radical (unpaired) electrons. The average Bonchev–Trinajstić information content (AvgIpc) is 2.95. The Bertz CT molecular complexity index is 671. The minimum atomic E-state index is 0.288. The van der Waals surface area contributed by atoms with Gasteiger partial charge in [0.25, 0.3) is 0 Å². The van der Waals surface area contributed by atoms with Crippen LogP contribution >= 0.6 is 0 Å². The third-order valence-corrected chi connectivity index (χ3v) is 4.42. The Balaban J connectivity index is 1.62. The Morgan fingerprint density at radius 2 is 1.55 bits per heavy atom. The second-order valence-electron chi connectivity index (χ2n) is 6.41. The summed E-state index contributed by atoms with van der Waals surface area (Å²) < 4.78 is 0. The molecule has 0 amide bonds. The van der Waals surface area contributed by atoms with Crippen LogP contribution in [0.4, 0.5) is 5.69 Å². The minimum absolute atomic E-state index is 0.288. The third-order valence-electron chi connectivity index (χ3n) is 4.42. The molecule has 2 aromatic carbocycles. The topological polar surface area (TPSA) is 20.3 Å². The number of aryl methyl sites for hydroxylation is 2. The third kappa shape index (κ3) is 3.38. The Hall–Kier alpha value is -2.09. The molecule has 0 unspecified atom stereocenters. The fourth-order valence-corrected chi connectivity index (χ4v) is 3.16. The van der Waals surface area contributed by atoms with Gasteiger partial charge in [-0.1, -0.05) is 30.3 Å². The maximum atomic E-state index is 12.3. The van der Waals surface area contributed by atoms with E-state index in [0.717, 1.165) is 16.8 Å². The van der Waals surface area contributed by atoms with Crippen LogP contribution < -0.4 is 4.90 Å². The van der Waals surface area contributed by atoms with Crippen LogP contribution in [0.25, 0.3) is 0 Å². The van der Waals surface area contributed by atoms with Crippen molar-refractivity contribution in [3.8, 4) is 0 Å². The van der Waals surface area contributed by atoms with Crippen molar-refractivity contribution in [2.24, 2.45) is 0 Å². The number of Topliss-reactive ketones (excluding diaryl/α,β-unsaturated/α-hetero) is 1. The molecular weight excluding hydrogens is 270 g/mol. The van der Waals surface area contributed by atoms with Crippen molar-refractivity contribution in [3.05, 3.63) is 64.7 Å². The molecule has 0 saturated heterocycles. The molecule has 2 heteroatoms. The number of fused-ring (bicyclic) bond motifs is 1. The number of benzene rings is 2. The zero-order valence-corrected chi connectivity index (χ0v) is 13.4. The van der Waals surface area contributed by atoms with Crippen LogP contribution in [0.2, 0.25) is 0 Å². The van der Waals surface area contributed by atoms with Crippen LogP contribution in [0.1, 0.15) is 28.7 Å². The van der Waals surface area contributed by atoms with Gasteiger partial charge in [0.15, 0.2) is 0 Å². The van der Waals surface area contributed by atoms with E-state index in [1.165, 1.54) is 30.4 Å². The van der Waals surface area contributed by atoms with Crippen LogP contribution in [0, 0.1) is 0 Å². The predicted molar refractivity (Wildman–Crippen MR) is 91.7 cm³/mol. The summed E-state index contributed by atoms with van der Waals surface area (Å²) in [5.74, 6) is 0.288. The lowest BCUT2D eigenvalue weighted by molar-refractivity contribution is -0.117. The Morgan fingerprint density at radius 1 is 0.909 bits per heavy atom. The lowest BCUT2D eigenvalue weighted by Gasteiger charge is -2.12. The lowest BCUT2D eigenvalue weighted by Crippen LogP contribution is -2.09. The summed E-state index contributed by atoms with van der Waals surface area (Å²) in [6.45, 7) is 0. The quantitative estimate of drug-likeness (QED) is 0.839. The van der Waals surface area contributed by atoms with Gasteiger partial charge in [-0.3, -0.25) is 4.79 Å². The van der Waals surface area contributed by atoms with Gasteiger partial charge in [-0.25, -0.2) is 0 Å². The fourth-order valence-electron chi connectivity index (χ4n) is 3.16.